The Morgan fingerprint density at radius 2 is 1.62 bits per heavy atom. The number of ether oxygens (including phenoxy) is 1. The van der Waals surface area contributed by atoms with Crippen molar-refractivity contribution in [3.05, 3.63) is 72.9 Å². The van der Waals surface area contributed by atoms with Crippen molar-refractivity contribution < 1.29 is 9.84 Å². The van der Waals surface area contributed by atoms with Gasteiger partial charge < -0.3 is 9.84 Å². The first-order valence-electron chi connectivity index (χ1n) is 10.1. The minimum atomic E-state index is -0.473. The Kier molecular flexibility index (Phi) is 10.1. The molecule has 1 aromatic carbocycles. The van der Waals surface area contributed by atoms with Crippen LogP contribution in [0, 0.1) is 0 Å². The number of aliphatic hydroxyl groups is 1. The quantitative estimate of drug-likeness (QED) is 0.242. The third kappa shape index (κ3) is 8.16. The third-order valence-electron chi connectivity index (χ3n) is 4.84. The van der Waals surface area contributed by atoms with Crippen LogP contribution in [0.1, 0.15) is 69.5 Å². The minimum Gasteiger partial charge on any atom is -0.386 e. The van der Waals surface area contributed by atoms with Crippen molar-refractivity contribution in [2.24, 2.45) is 0 Å². The lowest BCUT2D eigenvalue weighted by molar-refractivity contribution is 0.137. The second kappa shape index (κ2) is 12.7. The molecule has 1 aliphatic rings. The SMILES string of the molecule is C=CCC=CCC=CCCCCCCCC1OC1C(O)c1ccccc1. The maximum Gasteiger partial charge on any atom is 0.114 e. The van der Waals surface area contributed by atoms with Crippen LogP contribution in [-0.2, 0) is 4.74 Å². The van der Waals surface area contributed by atoms with E-state index >= 15 is 0 Å². The molecule has 26 heavy (non-hydrogen) atoms. The molecule has 0 aliphatic carbocycles. The molecule has 1 heterocycles. The molecule has 3 unspecified atom stereocenters. The minimum absolute atomic E-state index is 0.00284. The molecule has 0 radical (unpaired) electrons. The largest absolute Gasteiger partial charge is 0.386 e. The average Bonchev–Trinajstić information content (AvgIpc) is 3.45. The van der Waals surface area contributed by atoms with Crippen LogP contribution in [0.3, 0.4) is 0 Å². The smallest absolute Gasteiger partial charge is 0.114 e. The second-order valence-corrected chi connectivity index (χ2v) is 7.04. The first-order valence-corrected chi connectivity index (χ1v) is 10.1. The first-order chi connectivity index (χ1) is 12.8. The maximum absolute atomic E-state index is 10.3. The van der Waals surface area contributed by atoms with Crippen LogP contribution in [-0.4, -0.2) is 17.3 Å². The van der Waals surface area contributed by atoms with E-state index in [1.807, 2.05) is 36.4 Å². The van der Waals surface area contributed by atoms with E-state index in [4.69, 9.17) is 4.74 Å². The van der Waals surface area contributed by atoms with Crippen LogP contribution in [0.25, 0.3) is 0 Å². The normalized spacial score (nSPS) is 20.7. The molecule has 2 heteroatoms. The van der Waals surface area contributed by atoms with Crippen LogP contribution in [0.5, 0.6) is 0 Å². The summed E-state index contributed by atoms with van der Waals surface area (Å²) in [5, 5.41) is 10.3. The van der Waals surface area contributed by atoms with Gasteiger partial charge in [-0.25, -0.2) is 0 Å². The second-order valence-electron chi connectivity index (χ2n) is 7.04. The van der Waals surface area contributed by atoms with E-state index in [9.17, 15) is 5.11 Å². The van der Waals surface area contributed by atoms with Crippen molar-refractivity contribution in [3.8, 4) is 0 Å². The molecular formula is C24H34O2. The summed E-state index contributed by atoms with van der Waals surface area (Å²) < 4.78 is 5.67. The summed E-state index contributed by atoms with van der Waals surface area (Å²) in [5.74, 6) is 0. The standard InChI is InChI=1S/C24H34O2/c1-2-3-4-5-6-7-8-9-10-11-12-13-17-20-22-24(26-22)23(25)21-18-15-14-16-19-21/h2,4-5,7-8,14-16,18-19,22-25H,1,3,6,9-13,17,20H2. The van der Waals surface area contributed by atoms with Crippen molar-refractivity contribution in [1.82, 2.24) is 0 Å². The van der Waals surface area contributed by atoms with Crippen LogP contribution in [0.4, 0.5) is 0 Å². The van der Waals surface area contributed by atoms with Gasteiger partial charge >= 0.3 is 0 Å². The van der Waals surface area contributed by atoms with Gasteiger partial charge in [-0.1, -0.05) is 86.4 Å². The summed E-state index contributed by atoms with van der Waals surface area (Å²) in [6, 6.07) is 9.83. The number of benzene rings is 1. The summed E-state index contributed by atoms with van der Waals surface area (Å²) in [6.07, 6.45) is 21.2. The molecule has 3 atom stereocenters. The number of aliphatic hydroxyl groups excluding tert-OH is 1. The molecule has 2 nitrogen and oxygen atoms in total. The van der Waals surface area contributed by atoms with Gasteiger partial charge in [0.1, 0.15) is 12.2 Å². The molecule has 0 saturated carbocycles. The summed E-state index contributed by atoms with van der Waals surface area (Å²) in [4.78, 5) is 0. The number of hydrogen-bond donors (Lipinski definition) is 1. The summed E-state index contributed by atoms with van der Waals surface area (Å²) in [6.45, 7) is 3.70. The summed E-state index contributed by atoms with van der Waals surface area (Å²) >= 11 is 0. The van der Waals surface area contributed by atoms with E-state index in [1.54, 1.807) is 0 Å². The van der Waals surface area contributed by atoms with Crippen molar-refractivity contribution in [2.45, 2.75) is 76.1 Å². The average molecular weight is 355 g/mol. The van der Waals surface area contributed by atoms with Crippen molar-refractivity contribution in [1.29, 1.82) is 0 Å². The summed E-state index contributed by atoms with van der Waals surface area (Å²) in [5.41, 5.74) is 0.962. The Labute approximate surface area is 159 Å². The van der Waals surface area contributed by atoms with Gasteiger partial charge in [0, 0.05) is 0 Å². The van der Waals surface area contributed by atoms with E-state index in [1.165, 1.54) is 38.5 Å². The number of rotatable bonds is 14. The fourth-order valence-corrected chi connectivity index (χ4v) is 3.23. The number of epoxide rings is 1. The Balaban J connectivity index is 1.41. The van der Waals surface area contributed by atoms with E-state index in [0.29, 0.717) is 0 Å². The van der Waals surface area contributed by atoms with Crippen LogP contribution in [0.2, 0.25) is 0 Å². The van der Waals surface area contributed by atoms with E-state index in [-0.39, 0.29) is 12.2 Å². The molecule has 142 valence electrons. The van der Waals surface area contributed by atoms with Crippen LogP contribution >= 0.6 is 0 Å². The van der Waals surface area contributed by atoms with Gasteiger partial charge in [-0.15, -0.1) is 6.58 Å². The Hall–Kier alpha value is -1.64. The maximum atomic E-state index is 10.3. The first kappa shape index (κ1) is 20.7. The monoisotopic (exact) mass is 354 g/mol. The molecule has 1 fully saturated rings. The zero-order valence-electron chi connectivity index (χ0n) is 15.9. The lowest BCUT2D eigenvalue weighted by Crippen LogP contribution is -2.08. The predicted molar refractivity (Wildman–Crippen MR) is 110 cm³/mol. The van der Waals surface area contributed by atoms with Crippen molar-refractivity contribution in [2.75, 3.05) is 0 Å². The number of unbranched alkanes of at least 4 members (excludes halogenated alkanes) is 5. The Morgan fingerprint density at radius 3 is 2.42 bits per heavy atom. The molecule has 0 aromatic heterocycles. The van der Waals surface area contributed by atoms with Crippen LogP contribution in [0.15, 0.2) is 67.3 Å². The van der Waals surface area contributed by atoms with Gasteiger partial charge in [0.25, 0.3) is 0 Å². The number of allylic oxidation sites excluding steroid dienone is 5. The van der Waals surface area contributed by atoms with Gasteiger partial charge in [0.05, 0.1) is 6.10 Å². The van der Waals surface area contributed by atoms with Crippen molar-refractivity contribution >= 4 is 0 Å². The molecule has 1 aliphatic heterocycles. The highest BCUT2D eigenvalue weighted by Crippen LogP contribution is 2.37. The predicted octanol–water partition coefficient (Wildman–Crippen LogP) is 6.30. The lowest BCUT2D eigenvalue weighted by Gasteiger charge is -2.07. The Bertz CT molecular complexity index is 547. The van der Waals surface area contributed by atoms with E-state index in [2.05, 4.69) is 30.9 Å². The highest BCUT2D eigenvalue weighted by Gasteiger charge is 2.43. The van der Waals surface area contributed by atoms with Gasteiger partial charge in [-0.05, 0) is 37.7 Å². The highest BCUT2D eigenvalue weighted by molar-refractivity contribution is 5.20. The fraction of sp³-hybridized carbons (Fsp3) is 0.500. The van der Waals surface area contributed by atoms with E-state index < -0.39 is 6.10 Å². The Morgan fingerprint density at radius 1 is 0.923 bits per heavy atom. The van der Waals surface area contributed by atoms with Crippen LogP contribution < -0.4 is 0 Å². The zero-order valence-corrected chi connectivity index (χ0v) is 15.9. The fourth-order valence-electron chi connectivity index (χ4n) is 3.23. The molecular weight excluding hydrogens is 320 g/mol. The molecule has 1 saturated heterocycles. The van der Waals surface area contributed by atoms with E-state index in [0.717, 1.165) is 24.8 Å². The van der Waals surface area contributed by atoms with Gasteiger partial charge in [0.15, 0.2) is 0 Å². The van der Waals surface area contributed by atoms with Crippen molar-refractivity contribution in [3.63, 3.8) is 0 Å². The molecule has 0 bridgehead atoms. The number of hydrogen-bond acceptors (Lipinski definition) is 2. The molecule has 1 aromatic rings. The molecule has 2 rings (SSSR count). The third-order valence-corrected chi connectivity index (χ3v) is 4.84. The topological polar surface area (TPSA) is 32.8 Å². The molecule has 0 amide bonds. The van der Waals surface area contributed by atoms with Gasteiger partial charge in [-0.3, -0.25) is 0 Å². The molecule has 1 N–H and O–H groups in total. The summed E-state index contributed by atoms with van der Waals surface area (Å²) in [7, 11) is 0. The van der Waals surface area contributed by atoms with Gasteiger partial charge in [-0.2, -0.15) is 0 Å². The lowest BCUT2D eigenvalue weighted by atomic mass is 10.0. The molecule has 0 spiro atoms. The van der Waals surface area contributed by atoms with Gasteiger partial charge in [0.2, 0.25) is 0 Å². The highest BCUT2D eigenvalue weighted by atomic mass is 16.6. The zero-order chi connectivity index (χ0) is 18.5.